The quantitative estimate of drug-likeness (QED) is 0.549. The summed E-state index contributed by atoms with van der Waals surface area (Å²) in [7, 11) is 0. The standard InChI is InChI=1S/C23H15FN4OS2/c24-17-8-6-15(7-9-17)20-16(12-18(27-20)14-4-2-1-3-5-14)13-19-21(29)28(22(25)31-19)23-26-10-11-30-23/h1-13,18,25H. The van der Waals surface area contributed by atoms with E-state index in [4.69, 9.17) is 10.4 Å². The van der Waals surface area contributed by atoms with Crippen molar-refractivity contribution in [3.63, 3.8) is 0 Å². The van der Waals surface area contributed by atoms with Crippen LogP contribution in [0.15, 0.2) is 93.8 Å². The average molecular weight is 447 g/mol. The first kappa shape index (κ1) is 19.6. The molecular weight excluding hydrogens is 431 g/mol. The van der Waals surface area contributed by atoms with E-state index >= 15 is 0 Å². The van der Waals surface area contributed by atoms with Crippen molar-refractivity contribution >= 4 is 45.0 Å². The van der Waals surface area contributed by atoms with Gasteiger partial charge in [0.25, 0.3) is 5.91 Å². The van der Waals surface area contributed by atoms with Crippen LogP contribution in [-0.2, 0) is 4.79 Å². The highest BCUT2D eigenvalue weighted by molar-refractivity contribution is 8.19. The molecule has 1 saturated heterocycles. The zero-order valence-corrected chi connectivity index (χ0v) is 17.7. The Balaban J connectivity index is 1.54. The molecule has 5 nitrogen and oxygen atoms in total. The highest BCUT2D eigenvalue weighted by Gasteiger charge is 2.36. The van der Waals surface area contributed by atoms with Crippen molar-refractivity contribution in [3.8, 4) is 0 Å². The largest absolute Gasteiger partial charge is 0.278 e. The summed E-state index contributed by atoms with van der Waals surface area (Å²) in [6.07, 6.45) is 5.36. The van der Waals surface area contributed by atoms with Gasteiger partial charge in [-0.15, -0.1) is 11.3 Å². The summed E-state index contributed by atoms with van der Waals surface area (Å²) >= 11 is 2.40. The zero-order valence-electron chi connectivity index (χ0n) is 16.0. The van der Waals surface area contributed by atoms with Crippen molar-refractivity contribution in [2.75, 3.05) is 4.90 Å². The summed E-state index contributed by atoms with van der Waals surface area (Å²) in [4.78, 5) is 23.7. The first-order valence-electron chi connectivity index (χ1n) is 9.43. The topological polar surface area (TPSA) is 69.4 Å². The number of thiazole rings is 1. The Hall–Kier alpha value is -3.36. The number of nitrogens with one attached hydrogen (secondary N) is 1. The molecule has 0 aliphatic carbocycles. The van der Waals surface area contributed by atoms with Crippen LogP contribution in [0.3, 0.4) is 0 Å². The number of aliphatic imine (C=N–C) groups is 1. The van der Waals surface area contributed by atoms with Crippen molar-refractivity contribution < 1.29 is 9.18 Å². The lowest BCUT2D eigenvalue weighted by molar-refractivity contribution is -0.113. The van der Waals surface area contributed by atoms with Crippen LogP contribution >= 0.6 is 23.1 Å². The Morgan fingerprint density at radius 2 is 1.87 bits per heavy atom. The number of benzene rings is 2. The van der Waals surface area contributed by atoms with Crippen molar-refractivity contribution in [3.05, 3.63) is 106 Å². The van der Waals surface area contributed by atoms with Crippen molar-refractivity contribution in [1.82, 2.24) is 4.98 Å². The Kier molecular flexibility index (Phi) is 5.09. The maximum atomic E-state index is 13.5. The number of allylic oxidation sites excluding steroid dienone is 2. The third-order valence-electron chi connectivity index (χ3n) is 4.86. The lowest BCUT2D eigenvalue weighted by atomic mass is 10.0. The Bertz CT molecular complexity index is 1250. The number of amides is 1. The highest BCUT2D eigenvalue weighted by Crippen LogP contribution is 2.37. The number of hydrogen-bond acceptors (Lipinski definition) is 6. The van der Waals surface area contributed by atoms with Gasteiger partial charge in [0.2, 0.25) is 0 Å². The van der Waals surface area contributed by atoms with Crippen molar-refractivity contribution in [2.24, 2.45) is 4.99 Å². The fraction of sp³-hybridized carbons (Fsp3) is 0.0435. The molecule has 0 saturated carbocycles. The molecule has 2 aliphatic rings. The Morgan fingerprint density at radius 3 is 2.58 bits per heavy atom. The molecule has 0 radical (unpaired) electrons. The molecule has 0 spiro atoms. The molecule has 31 heavy (non-hydrogen) atoms. The summed E-state index contributed by atoms with van der Waals surface area (Å²) in [5, 5.41) is 10.6. The first-order valence-corrected chi connectivity index (χ1v) is 11.1. The van der Waals surface area contributed by atoms with Gasteiger partial charge in [-0.2, -0.15) is 0 Å². The van der Waals surface area contributed by atoms with E-state index in [1.54, 1.807) is 29.8 Å². The Morgan fingerprint density at radius 1 is 1.10 bits per heavy atom. The van der Waals surface area contributed by atoms with Gasteiger partial charge >= 0.3 is 0 Å². The molecule has 3 aromatic rings. The lowest BCUT2D eigenvalue weighted by Gasteiger charge is -2.09. The maximum absolute atomic E-state index is 13.5. The number of aromatic nitrogens is 1. The predicted octanol–water partition coefficient (Wildman–Crippen LogP) is 5.35. The van der Waals surface area contributed by atoms with Crippen molar-refractivity contribution in [2.45, 2.75) is 6.04 Å². The fourth-order valence-corrected chi connectivity index (χ4v) is 4.95. The van der Waals surface area contributed by atoms with E-state index in [0.29, 0.717) is 15.7 Å². The molecule has 1 fully saturated rings. The smallest absolute Gasteiger partial charge is 0.273 e. The molecule has 1 unspecified atom stereocenters. The molecule has 2 aliphatic heterocycles. The second-order valence-corrected chi connectivity index (χ2v) is 8.74. The molecule has 3 heterocycles. The van der Waals surface area contributed by atoms with Gasteiger partial charge in [0, 0.05) is 22.7 Å². The van der Waals surface area contributed by atoms with Gasteiger partial charge in [-0.3, -0.25) is 15.2 Å². The second-order valence-electron chi connectivity index (χ2n) is 6.83. The van der Waals surface area contributed by atoms with Gasteiger partial charge in [-0.25, -0.2) is 14.3 Å². The van der Waals surface area contributed by atoms with Gasteiger partial charge in [0.15, 0.2) is 10.3 Å². The van der Waals surface area contributed by atoms with Crippen LogP contribution in [0.1, 0.15) is 17.2 Å². The minimum absolute atomic E-state index is 0.115. The SMILES string of the molecule is N=C1SC(=CC2=CC(c3ccccc3)N=C2c2ccc(F)cc2)C(=O)N1c1nccs1. The minimum Gasteiger partial charge on any atom is -0.278 e. The zero-order chi connectivity index (χ0) is 21.4. The molecule has 0 bridgehead atoms. The molecule has 8 heteroatoms. The van der Waals surface area contributed by atoms with Crippen LogP contribution in [-0.4, -0.2) is 21.8 Å². The lowest BCUT2D eigenvalue weighted by Crippen LogP contribution is -2.27. The Labute approximate surface area is 186 Å². The number of anilines is 1. The van der Waals surface area contributed by atoms with Gasteiger partial charge in [0.1, 0.15) is 5.82 Å². The molecular formula is C23H15FN4OS2. The number of halogens is 1. The van der Waals surface area contributed by atoms with Gasteiger partial charge in [0.05, 0.1) is 16.7 Å². The fourth-order valence-electron chi connectivity index (χ4n) is 3.41. The van der Waals surface area contributed by atoms with E-state index in [1.165, 1.54) is 28.4 Å². The average Bonchev–Trinajstić information content (AvgIpc) is 3.50. The number of carbonyl (C=O) groups is 1. The highest BCUT2D eigenvalue weighted by atomic mass is 32.2. The summed E-state index contributed by atoms with van der Waals surface area (Å²) < 4.78 is 13.5. The summed E-state index contributed by atoms with van der Waals surface area (Å²) in [5.74, 6) is -0.604. The van der Waals surface area contributed by atoms with Gasteiger partial charge in [-0.05, 0) is 53.7 Å². The summed E-state index contributed by atoms with van der Waals surface area (Å²) in [6, 6.07) is 15.8. The molecule has 1 atom stereocenters. The van der Waals surface area contributed by atoms with Crippen LogP contribution < -0.4 is 4.90 Å². The normalized spacial score (nSPS) is 19.8. The summed E-state index contributed by atoms with van der Waals surface area (Å²) in [5.41, 5.74) is 3.25. The van der Waals surface area contributed by atoms with E-state index < -0.39 is 0 Å². The van der Waals surface area contributed by atoms with Crippen LogP contribution in [0.25, 0.3) is 0 Å². The van der Waals surface area contributed by atoms with Crippen LogP contribution in [0.4, 0.5) is 9.52 Å². The molecule has 5 rings (SSSR count). The van der Waals surface area contributed by atoms with E-state index in [-0.39, 0.29) is 22.9 Å². The number of nitrogens with zero attached hydrogens (tertiary/aromatic N) is 3. The number of carbonyl (C=O) groups excluding carboxylic acids is 1. The number of rotatable bonds is 4. The molecule has 2 aromatic carbocycles. The minimum atomic E-state index is -0.320. The summed E-state index contributed by atoms with van der Waals surface area (Å²) in [6.45, 7) is 0. The maximum Gasteiger partial charge on any atom is 0.273 e. The van der Waals surface area contributed by atoms with E-state index in [1.807, 2.05) is 36.4 Å². The van der Waals surface area contributed by atoms with Gasteiger partial charge < -0.3 is 0 Å². The molecule has 1 amide bonds. The van der Waals surface area contributed by atoms with E-state index in [2.05, 4.69) is 4.98 Å². The molecule has 1 N–H and O–H groups in total. The van der Waals surface area contributed by atoms with E-state index in [9.17, 15) is 9.18 Å². The first-order chi connectivity index (χ1) is 15.1. The number of thioether (sulfide) groups is 1. The molecule has 152 valence electrons. The van der Waals surface area contributed by atoms with Gasteiger partial charge in [-0.1, -0.05) is 30.3 Å². The second kappa shape index (κ2) is 8.05. The van der Waals surface area contributed by atoms with Crippen LogP contribution in [0.2, 0.25) is 0 Å². The third-order valence-corrected chi connectivity index (χ3v) is 6.50. The van der Waals surface area contributed by atoms with Crippen molar-refractivity contribution in [1.29, 1.82) is 5.41 Å². The third kappa shape index (κ3) is 3.75. The monoisotopic (exact) mass is 446 g/mol. The van der Waals surface area contributed by atoms with E-state index in [0.717, 1.165) is 28.5 Å². The van der Waals surface area contributed by atoms with Crippen LogP contribution in [0, 0.1) is 11.2 Å². The van der Waals surface area contributed by atoms with Crippen LogP contribution in [0.5, 0.6) is 0 Å². The predicted molar refractivity (Wildman–Crippen MR) is 123 cm³/mol. The molecule has 1 aromatic heterocycles. The number of amidine groups is 1. The number of hydrogen-bond donors (Lipinski definition) is 1.